The van der Waals surface area contributed by atoms with Crippen LogP contribution in [0.1, 0.15) is 31.1 Å². The van der Waals surface area contributed by atoms with Crippen molar-refractivity contribution in [3.63, 3.8) is 0 Å². The van der Waals surface area contributed by atoms with Gasteiger partial charge in [0.2, 0.25) is 5.91 Å². The highest BCUT2D eigenvalue weighted by atomic mass is 16.5. The molecule has 1 aromatic carbocycles. The molecule has 1 rings (SSSR count). The van der Waals surface area contributed by atoms with Crippen LogP contribution in [0.25, 0.3) is 0 Å². The van der Waals surface area contributed by atoms with Crippen molar-refractivity contribution in [1.82, 2.24) is 10.6 Å². The SMILES string of the molecule is CCOc1ccccc1C(=O)NCC(=O)N[C@H](C(=O)O)C(C)C. The molecule has 0 saturated heterocycles. The Morgan fingerprint density at radius 1 is 1.22 bits per heavy atom. The Bertz CT molecular complexity index is 571. The smallest absolute Gasteiger partial charge is 0.326 e. The molecule has 0 aromatic heterocycles. The second-order valence-electron chi connectivity index (χ2n) is 5.24. The maximum atomic E-state index is 12.1. The van der Waals surface area contributed by atoms with Crippen molar-refractivity contribution in [3.05, 3.63) is 29.8 Å². The number of carboxylic acids is 1. The van der Waals surface area contributed by atoms with Crippen molar-refractivity contribution in [3.8, 4) is 5.75 Å². The number of hydrogen-bond donors (Lipinski definition) is 3. The molecule has 126 valence electrons. The predicted octanol–water partition coefficient (Wildman–Crippen LogP) is 1.04. The zero-order chi connectivity index (χ0) is 17.4. The minimum atomic E-state index is -1.11. The Balaban J connectivity index is 2.62. The number of rotatable bonds is 8. The van der Waals surface area contributed by atoms with Crippen LogP contribution in [0.2, 0.25) is 0 Å². The standard InChI is InChI=1S/C16H22N2O5/c1-4-23-12-8-6-5-7-11(12)15(20)17-9-13(19)18-14(10(2)3)16(21)22/h5-8,10,14H,4,9H2,1-3H3,(H,17,20)(H,18,19)(H,21,22)/t14-/m0/s1. The number of hydrogen-bond acceptors (Lipinski definition) is 4. The number of amides is 2. The third kappa shape index (κ3) is 5.61. The number of benzene rings is 1. The first-order chi connectivity index (χ1) is 10.9. The van der Waals surface area contributed by atoms with Gasteiger partial charge >= 0.3 is 5.97 Å². The molecule has 0 fully saturated rings. The molecule has 7 nitrogen and oxygen atoms in total. The molecule has 0 radical (unpaired) electrons. The third-order valence-electron chi connectivity index (χ3n) is 3.09. The van der Waals surface area contributed by atoms with Gasteiger partial charge < -0.3 is 20.5 Å². The first-order valence-electron chi connectivity index (χ1n) is 7.39. The lowest BCUT2D eigenvalue weighted by Gasteiger charge is -2.18. The molecule has 1 aromatic rings. The maximum absolute atomic E-state index is 12.1. The van der Waals surface area contributed by atoms with Crippen molar-refractivity contribution < 1.29 is 24.2 Å². The number of aliphatic carboxylic acids is 1. The Kier molecular flexibility index (Phi) is 7.05. The Hall–Kier alpha value is -2.57. The van der Waals surface area contributed by atoms with Gasteiger partial charge in [-0.2, -0.15) is 0 Å². The minimum absolute atomic E-state index is 0.258. The van der Waals surface area contributed by atoms with Gasteiger partial charge in [-0.3, -0.25) is 9.59 Å². The van der Waals surface area contributed by atoms with Crippen LogP contribution in [-0.4, -0.2) is 42.1 Å². The van der Waals surface area contributed by atoms with Crippen LogP contribution in [-0.2, 0) is 9.59 Å². The van der Waals surface area contributed by atoms with Crippen LogP contribution in [0.15, 0.2) is 24.3 Å². The fourth-order valence-electron chi connectivity index (χ4n) is 1.93. The molecule has 2 amide bonds. The van der Waals surface area contributed by atoms with Crippen molar-refractivity contribution in [2.24, 2.45) is 5.92 Å². The van der Waals surface area contributed by atoms with Crippen molar-refractivity contribution in [2.45, 2.75) is 26.8 Å². The van der Waals surface area contributed by atoms with Crippen molar-refractivity contribution in [2.75, 3.05) is 13.2 Å². The van der Waals surface area contributed by atoms with E-state index >= 15 is 0 Å². The zero-order valence-corrected chi connectivity index (χ0v) is 13.5. The van der Waals surface area contributed by atoms with E-state index in [0.717, 1.165) is 0 Å². The van der Waals surface area contributed by atoms with Gasteiger partial charge in [-0.1, -0.05) is 26.0 Å². The number of carbonyl (C=O) groups excluding carboxylic acids is 2. The summed E-state index contributed by atoms with van der Waals surface area (Å²) < 4.78 is 5.35. The molecule has 0 bridgehead atoms. The number of nitrogens with one attached hydrogen (secondary N) is 2. The van der Waals surface area contributed by atoms with Crippen LogP contribution in [0.5, 0.6) is 5.75 Å². The van der Waals surface area contributed by atoms with Crippen LogP contribution < -0.4 is 15.4 Å². The Morgan fingerprint density at radius 3 is 2.43 bits per heavy atom. The average molecular weight is 322 g/mol. The van der Waals surface area contributed by atoms with Gasteiger partial charge in [-0.15, -0.1) is 0 Å². The van der Waals surface area contributed by atoms with Gasteiger partial charge in [-0.25, -0.2) is 4.79 Å². The van der Waals surface area contributed by atoms with Gasteiger partial charge in [0.1, 0.15) is 11.8 Å². The lowest BCUT2D eigenvalue weighted by molar-refractivity contribution is -0.142. The summed E-state index contributed by atoms with van der Waals surface area (Å²) in [6.07, 6.45) is 0. The van der Waals surface area contributed by atoms with E-state index in [2.05, 4.69) is 10.6 Å². The molecule has 0 spiro atoms. The zero-order valence-electron chi connectivity index (χ0n) is 13.5. The topological polar surface area (TPSA) is 105 Å². The van der Waals surface area contributed by atoms with Gasteiger partial charge in [0.15, 0.2) is 0 Å². The molecule has 3 N–H and O–H groups in total. The maximum Gasteiger partial charge on any atom is 0.326 e. The Morgan fingerprint density at radius 2 is 1.87 bits per heavy atom. The molecule has 0 aliphatic rings. The van der Waals surface area contributed by atoms with Gasteiger partial charge in [0.05, 0.1) is 18.7 Å². The van der Waals surface area contributed by atoms with Crippen molar-refractivity contribution in [1.29, 1.82) is 0 Å². The summed E-state index contributed by atoms with van der Waals surface area (Å²) in [5.74, 6) is -1.96. The van der Waals surface area contributed by atoms with E-state index in [1.54, 1.807) is 45.0 Å². The van der Waals surface area contributed by atoms with E-state index in [9.17, 15) is 14.4 Å². The third-order valence-corrected chi connectivity index (χ3v) is 3.09. The second-order valence-corrected chi connectivity index (χ2v) is 5.24. The van der Waals surface area contributed by atoms with Gasteiger partial charge in [0, 0.05) is 0 Å². The number of para-hydroxylation sites is 1. The van der Waals surface area contributed by atoms with Crippen LogP contribution in [0, 0.1) is 5.92 Å². The molecule has 1 atom stereocenters. The predicted molar refractivity (Wildman–Crippen MR) is 84.3 cm³/mol. The molecule has 0 aliphatic heterocycles. The first kappa shape index (κ1) is 18.5. The highest BCUT2D eigenvalue weighted by molar-refractivity contribution is 5.99. The van der Waals surface area contributed by atoms with E-state index in [4.69, 9.17) is 9.84 Å². The molecule has 0 heterocycles. The molecule has 0 aliphatic carbocycles. The Labute approximate surface area is 135 Å². The van der Waals surface area contributed by atoms with E-state index in [-0.39, 0.29) is 12.5 Å². The van der Waals surface area contributed by atoms with Gasteiger partial charge in [0.25, 0.3) is 5.91 Å². The molecule has 7 heteroatoms. The fourth-order valence-corrected chi connectivity index (χ4v) is 1.93. The quantitative estimate of drug-likeness (QED) is 0.663. The normalized spacial score (nSPS) is 11.7. The fraction of sp³-hybridized carbons (Fsp3) is 0.438. The van der Waals surface area contributed by atoms with Crippen LogP contribution >= 0.6 is 0 Å². The van der Waals surface area contributed by atoms with E-state index in [1.165, 1.54) is 0 Å². The number of carbonyl (C=O) groups is 3. The number of ether oxygens (including phenoxy) is 1. The van der Waals surface area contributed by atoms with E-state index < -0.39 is 23.8 Å². The second kappa shape index (κ2) is 8.77. The molecule has 0 saturated carbocycles. The summed E-state index contributed by atoms with van der Waals surface area (Å²) in [4.78, 5) is 34.9. The molecular formula is C16H22N2O5. The summed E-state index contributed by atoms with van der Waals surface area (Å²) in [7, 11) is 0. The van der Waals surface area contributed by atoms with E-state index in [0.29, 0.717) is 17.9 Å². The van der Waals surface area contributed by atoms with E-state index in [1.807, 2.05) is 0 Å². The monoisotopic (exact) mass is 322 g/mol. The van der Waals surface area contributed by atoms with Crippen LogP contribution in [0.4, 0.5) is 0 Å². The van der Waals surface area contributed by atoms with Crippen molar-refractivity contribution >= 4 is 17.8 Å². The molecule has 23 heavy (non-hydrogen) atoms. The van der Waals surface area contributed by atoms with Gasteiger partial charge in [-0.05, 0) is 25.0 Å². The summed E-state index contributed by atoms with van der Waals surface area (Å²) >= 11 is 0. The first-order valence-corrected chi connectivity index (χ1v) is 7.39. The molecular weight excluding hydrogens is 300 g/mol. The summed E-state index contributed by atoms with van der Waals surface area (Å²) in [5.41, 5.74) is 0.320. The largest absolute Gasteiger partial charge is 0.493 e. The minimum Gasteiger partial charge on any atom is -0.493 e. The lowest BCUT2D eigenvalue weighted by Crippen LogP contribution is -2.48. The summed E-state index contributed by atoms with van der Waals surface area (Å²) in [6, 6.07) is 5.70. The molecule has 0 unspecified atom stereocenters. The lowest BCUT2D eigenvalue weighted by atomic mass is 10.1. The number of carboxylic acid groups (broad SMARTS) is 1. The highest BCUT2D eigenvalue weighted by Crippen LogP contribution is 2.17. The average Bonchev–Trinajstić information content (AvgIpc) is 2.50. The summed E-state index contributed by atoms with van der Waals surface area (Å²) in [6.45, 7) is 5.29. The highest BCUT2D eigenvalue weighted by Gasteiger charge is 2.23. The van der Waals surface area contributed by atoms with Crippen LogP contribution in [0.3, 0.4) is 0 Å². The summed E-state index contributed by atoms with van der Waals surface area (Å²) in [5, 5.41) is 13.9.